The molecule has 0 aliphatic rings. The van der Waals surface area contributed by atoms with Gasteiger partial charge in [0.15, 0.2) is 11.1 Å². The molecule has 2 nitrogen and oxygen atoms in total. The van der Waals surface area contributed by atoms with E-state index in [4.69, 9.17) is 0 Å². The number of oxazole rings is 1. The first-order chi connectivity index (χ1) is 2.89. The maximum absolute atomic E-state index is 4.58. The van der Waals surface area contributed by atoms with E-state index in [0.717, 1.165) is 0 Å². The summed E-state index contributed by atoms with van der Waals surface area (Å²) in [6, 6.07) is 0. The number of aromatic nitrogens is 1. The summed E-state index contributed by atoms with van der Waals surface area (Å²) in [5.74, 6) is 0. The van der Waals surface area contributed by atoms with Crippen molar-refractivity contribution in [2.75, 3.05) is 0 Å². The van der Waals surface area contributed by atoms with E-state index < -0.39 is 0 Å². The highest BCUT2D eigenvalue weighted by molar-refractivity contribution is 9.10. The Hall–Kier alpha value is -0.310. The summed E-state index contributed by atoms with van der Waals surface area (Å²) in [7, 11) is 0. The number of hydrogen-bond donors (Lipinski definition) is 0. The number of nitrogens with zero attached hydrogens (tertiary/aromatic N) is 1. The van der Waals surface area contributed by atoms with Gasteiger partial charge in [-0.2, -0.15) is 0 Å². The van der Waals surface area contributed by atoms with Crippen LogP contribution in [0.3, 0.4) is 0 Å². The van der Waals surface area contributed by atoms with Crippen LogP contribution >= 0.6 is 15.9 Å². The molecular formula is C3HBrNO. The predicted molar refractivity (Wildman–Crippen MR) is 23.0 cm³/mol. The minimum absolute atomic E-state index is 0.544. The zero-order chi connectivity index (χ0) is 4.41. The summed E-state index contributed by atoms with van der Waals surface area (Å²) in [4.78, 5) is 3.48. The lowest BCUT2D eigenvalue weighted by Crippen LogP contribution is -1.44. The van der Waals surface area contributed by atoms with E-state index in [9.17, 15) is 0 Å². The molecule has 0 atom stereocenters. The fraction of sp³-hybridized carbons (Fsp3) is 0. The fourth-order valence-electron chi connectivity index (χ4n) is 0.176. The van der Waals surface area contributed by atoms with Crippen LogP contribution in [0, 0.1) is 6.20 Å². The molecule has 0 aliphatic carbocycles. The molecule has 1 heterocycles. The van der Waals surface area contributed by atoms with Crippen molar-refractivity contribution in [2.45, 2.75) is 0 Å². The maximum Gasteiger partial charge on any atom is 0.199 e. The second-order valence-electron chi connectivity index (χ2n) is 0.738. The molecule has 0 aromatic carbocycles. The van der Waals surface area contributed by atoms with Gasteiger partial charge in [-0.05, 0) is 15.9 Å². The number of rotatable bonds is 0. The van der Waals surface area contributed by atoms with Crippen LogP contribution in [0.2, 0.25) is 0 Å². The Kier molecular flexibility index (Phi) is 0.919. The zero-order valence-electron chi connectivity index (χ0n) is 2.81. The normalized spacial score (nSPS) is 8.83. The minimum atomic E-state index is 0.544. The van der Waals surface area contributed by atoms with Crippen molar-refractivity contribution < 1.29 is 4.42 Å². The first kappa shape index (κ1) is 3.87. The van der Waals surface area contributed by atoms with Crippen LogP contribution in [0.15, 0.2) is 15.5 Å². The number of hydrogen-bond acceptors (Lipinski definition) is 2. The smallest absolute Gasteiger partial charge is 0.199 e. The standard InChI is InChI=1S/C3HBrNO/c4-3-1-5-2-6-3/h2H. The van der Waals surface area contributed by atoms with Crippen molar-refractivity contribution in [2.24, 2.45) is 0 Å². The second-order valence-corrected chi connectivity index (χ2v) is 1.46. The van der Waals surface area contributed by atoms with Crippen molar-refractivity contribution >= 4 is 15.9 Å². The molecule has 1 aromatic rings. The molecular weight excluding hydrogens is 146 g/mol. The third-order valence-electron chi connectivity index (χ3n) is 0.361. The fourth-order valence-corrected chi connectivity index (χ4v) is 0.362. The highest BCUT2D eigenvalue weighted by Gasteiger charge is 1.81. The molecule has 31 valence electrons. The highest BCUT2D eigenvalue weighted by Crippen LogP contribution is 2.02. The molecule has 3 heteroatoms. The molecule has 0 fully saturated rings. The Morgan fingerprint density at radius 2 is 2.83 bits per heavy atom. The van der Waals surface area contributed by atoms with Crippen molar-refractivity contribution in [3.63, 3.8) is 0 Å². The Morgan fingerprint density at radius 1 is 2.00 bits per heavy atom. The van der Waals surface area contributed by atoms with Gasteiger partial charge in [-0.3, -0.25) is 0 Å². The van der Waals surface area contributed by atoms with Gasteiger partial charge in [0.1, 0.15) is 6.20 Å². The van der Waals surface area contributed by atoms with Crippen LogP contribution in [-0.4, -0.2) is 4.98 Å². The van der Waals surface area contributed by atoms with Crippen LogP contribution in [0.5, 0.6) is 0 Å². The van der Waals surface area contributed by atoms with Crippen LogP contribution < -0.4 is 0 Å². The molecule has 0 bridgehead atoms. The number of halogens is 1. The molecule has 1 aromatic heterocycles. The van der Waals surface area contributed by atoms with E-state index in [1.54, 1.807) is 0 Å². The highest BCUT2D eigenvalue weighted by atomic mass is 79.9. The molecule has 0 saturated heterocycles. The van der Waals surface area contributed by atoms with Gasteiger partial charge in [0, 0.05) is 0 Å². The largest absolute Gasteiger partial charge is 0.436 e. The molecule has 0 spiro atoms. The summed E-state index contributed by atoms with van der Waals surface area (Å²) in [6.07, 6.45) is 3.81. The monoisotopic (exact) mass is 146 g/mol. The van der Waals surface area contributed by atoms with E-state index >= 15 is 0 Å². The summed E-state index contributed by atoms with van der Waals surface area (Å²) >= 11 is 3.00. The predicted octanol–water partition coefficient (Wildman–Crippen LogP) is 1.24. The molecule has 0 N–H and O–H groups in total. The molecule has 1 radical (unpaired) electrons. The van der Waals surface area contributed by atoms with Crippen LogP contribution in [-0.2, 0) is 0 Å². The Labute approximate surface area is 43.3 Å². The molecule has 1 rings (SSSR count). The van der Waals surface area contributed by atoms with Crippen molar-refractivity contribution in [3.05, 3.63) is 17.3 Å². The molecule has 0 aliphatic heterocycles. The minimum Gasteiger partial charge on any atom is -0.436 e. The lowest BCUT2D eigenvalue weighted by Gasteiger charge is -1.62. The summed E-state index contributed by atoms with van der Waals surface area (Å²) in [5.41, 5.74) is 0. The summed E-state index contributed by atoms with van der Waals surface area (Å²) < 4.78 is 5.13. The van der Waals surface area contributed by atoms with Gasteiger partial charge < -0.3 is 4.42 Å². The molecule has 0 saturated carbocycles. The van der Waals surface area contributed by atoms with E-state index in [2.05, 4.69) is 31.5 Å². The van der Waals surface area contributed by atoms with Crippen molar-refractivity contribution in [1.82, 2.24) is 4.98 Å². The van der Waals surface area contributed by atoms with Gasteiger partial charge in [-0.1, -0.05) is 0 Å². The Balaban J connectivity index is 3.05. The van der Waals surface area contributed by atoms with Gasteiger partial charge in [0.2, 0.25) is 0 Å². The quantitative estimate of drug-likeness (QED) is 0.551. The van der Waals surface area contributed by atoms with E-state index in [-0.39, 0.29) is 0 Å². The van der Waals surface area contributed by atoms with Gasteiger partial charge in [-0.25, -0.2) is 4.98 Å². The van der Waals surface area contributed by atoms with Gasteiger partial charge in [0.25, 0.3) is 0 Å². The van der Waals surface area contributed by atoms with Gasteiger partial charge >= 0.3 is 0 Å². The maximum atomic E-state index is 4.58. The SMILES string of the molecule is Brc1[c]nco1. The van der Waals surface area contributed by atoms with E-state index in [1.165, 1.54) is 6.39 Å². The average molecular weight is 147 g/mol. The van der Waals surface area contributed by atoms with Crippen LogP contribution in [0.25, 0.3) is 0 Å². The Morgan fingerprint density at radius 3 is 3.00 bits per heavy atom. The molecule has 6 heavy (non-hydrogen) atoms. The molecule has 0 amide bonds. The second kappa shape index (κ2) is 1.43. The topological polar surface area (TPSA) is 26.0 Å². The third-order valence-corrected chi connectivity index (χ3v) is 0.726. The van der Waals surface area contributed by atoms with Crippen LogP contribution in [0.1, 0.15) is 0 Å². The first-order valence-electron chi connectivity index (χ1n) is 1.36. The average Bonchev–Trinajstić information content (AvgIpc) is 1.86. The van der Waals surface area contributed by atoms with Crippen LogP contribution in [0.4, 0.5) is 0 Å². The third kappa shape index (κ3) is 0.597. The zero-order valence-corrected chi connectivity index (χ0v) is 4.40. The first-order valence-corrected chi connectivity index (χ1v) is 2.15. The van der Waals surface area contributed by atoms with Crippen molar-refractivity contribution in [3.8, 4) is 0 Å². The molecule has 0 unspecified atom stereocenters. The van der Waals surface area contributed by atoms with E-state index in [1.807, 2.05) is 0 Å². The Bertz CT molecular complexity index is 114. The van der Waals surface area contributed by atoms with E-state index in [0.29, 0.717) is 4.67 Å². The lowest BCUT2D eigenvalue weighted by molar-refractivity contribution is 0.533. The summed E-state index contributed by atoms with van der Waals surface area (Å²) in [6.45, 7) is 0. The van der Waals surface area contributed by atoms with Crippen molar-refractivity contribution in [1.29, 1.82) is 0 Å². The summed E-state index contributed by atoms with van der Waals surface area (Å²) in [5, 5.41) is 0. The van der Waals surface area contributed by atoms with Gasteiger partial charge in [-0.15, -0.1) is 0 Å². The van der Waals surface area contributed by atoms with Gasteiger partial charge in [0.05, 0.1) is 0 Å². The lowest BCUT2D eigenvalue weighted by atomic mass is 11.0.